The first-order valence-electron chi connectivity index (χ1n) is 4.95. The Hall–Kier alpha value is -0.120. The van der Waals surface area contributed by atoms with Gasteiger partial charge in [0.05, 0.1) is 0 Å². The summed E-state index contributed by atoms with van der Waals surface area (Å²) in [5, 5.41) is 3.44. The molecule has 1 aliphatic rings. The lowest BCUT2D eigenvalue weighted by molar-refractivity contribution is 0.301. The molecular formula is C9H21N3. The van der Waals surface area contributed by atoms with Gasteiger partial charge < -0.3 is 16.0 Å². The van der Waals surface area contributed by atoms with Crippen molar-refractivity contribution in [3.8, 4) is 0 Å². The van der Waals surface area contributed by atoms with Gasteiger partial charge in [0.1, 0.15) is 0 Å². The molecule has 1 unspecified atom stereocenters. The zero-order chi connectivity index (χ0) is 8.81. The summed E-state index contributed by atoms with van der Waals surface area (Å²) >= 11 is 0. The maximum atomic E-state index is 5.40. The topological polar surface area (TPSA) is 41.3 Å². The Balaban J connectivity index is 1.98. The van der Waals surface area contributed by atoms with E-state index in [0.29, 0.717) is 0 Å². The van der Waals surface area contributed by atoms with Gasteiger partial charge in [0.25, 0.3) is 0 Å². The molecule has 1 heterocycles. The van der Waals surface area contributed by atoms with Crippen LogP contribution >= 0.6 is 0 Å². The summed E-state index contributed by atoms with van der Waals surface area (Å²) in [5.74, 6) is 0. The van der Waals surface area contributed by atoms with E-state index in [1.54, 1.807) is 0 Å². The Morgan fingerprint density at radius 1 is 1.58 bits per heavy atom. The van der Waals surface area contributed by atoms with Gasteiger partial charge >= 0.3 is 0 Å². The van der Waals surface area contributed by atoms with E-state index in [0.717, 1.165) is 32.1 Å². The highest BCUT2D eigenvalue weighted by Crippen LogP contribution is 2.13. The van der Waals surface area contributed by atoms with Crippen molar-refractivity contribution in [2.75, 3.05) is 33.2 Å². The van der Waals surface area contributed by atoms with Crippen molar-refractivity contribution in [1.82, 2.24) is 10.2 Å². The minimum absolute atomic E-state index is 0.766. The summed E-state index contributed by atoms with van der Waals surface area (Å²) < 4.78 is 0. The Bertz CT molecular complexity index is 116. The van der Waals surface area contributed by atoms with Gasteiger partial charge in [0.2, 0.25) is 0 Å². The first-order chi connectivity index (χ1) is 5.84. The van der Waals surface area contributed by atoms with Crippen LogP contribution in [0.3, 0.4) is 0 Å². The summed E-state index contributed by atoms with van der Waals surface area (Å²) in [6.07, 6.45) is 3.81. The molecule has 1 rings (SSSR count). The van der Waals surface area contributed by atoms with E-state index in [2.05, 4.69) is 17.3 Å². The molecule has 0 spiro atoms. The SMILES string of the molecule is CN1CCCC1CNCCCN. The highest BCUT2D eigenvalue weighted by Gasteiger charge is 2.19. The third-order valence-electron chi connectivity index (χ3n) is 2.61. The second-order valence-electron chi connectivity index (χ2n) is 3.62. The third kappa shape index (κ3) is 3.09. The van der Waals surface area contributed by atoms with Crippen LogP contribution in [-0.2, 0) is 0 Å². The van der Waals surface area contributed by atoms with E-state index in [-0.39, 0.29) is 0 Å². The van der Waals surface area contributed by atoms with Crippen LogP contribution in [0.15, 0.2) is 0 Å². The van der Waals surface area contributed by atoms with Gasteiger partial charge in [-0.15, -0.1) is 0 Å². The molecule has 72 valence electrons. The molecule has 0 bridgehead atoms. The van der Waals surface area contributed by atoms with Gasteiger partial charge in [0, 0.05) is 12.6 Å². The van der Waals surface area contributed by atoms with Crippen LogP contribution in [0.1, 0.15) is 19.3 Å². The standard InChI is InChI=1S/C9H21N3/c1-12-7-2-4-9(12)8-11-6-3-5-10/h9,11H,2-8,10H2,1H3. The molecule has 0 aromatic heterocycles. The van der Waals surface area contributed by atoms with E-state index >= 15 is 0 Å². The number of nitrogens with one attached hydrogen (secondary N) is 1. The maximum Gasteiger partial charge on any atom is 0.0218 e. The predicted octanol–water partition coefficient (Wildman–Crippen LogP) is 0.0190. The van der Waals surface area contributed by atoms with Gasteiger partial charge in [-0.3, -0.25) is 0 Å². The predicted molar refractivity (Wildman–Crippen MR) is 52.2 cm³/mol. The molecule has 1 atom stereocenters. The fourth-order valence-electron chi connectivity index (χ4n) is 1.73. The quantitative estimate of drug-likeness (QED) is 0.573. The van der Waals surface area contributed by atoms with Crippen molar-refractivity contribution in [3.63, 3.8) is 0 Å². The maximum absolute atomic E-state index is 5.40. The Labute approximate surface area is 75.3 Å². The number of nitrogens with two attached hydrogens (primary N) is 1. The van der Waals surface area contributed by atoms with E-state index in [1.165, 1.54) is 19.4 Å². The van der Waals surface area contributed by atoms with Crippen LogP contribution in [0.5, 0.6) is 0 Å². The fraction of sp³-hybridized carbons (Fsp3) is 1.00. The van der Waals surface area contributed by atoms with Gasteiger partial charge in [-0.05, 0) is 45.9 Å². The number of likely N-dealkylation sites (tertiary alicyclic amines) is 1. The van der Waals surface area contributed by atoms with Gasteiger partial charge in [-0.2, -0.15) is 0 Å². The van der Waals surface area contributed by atoms with Crippen LogP contribution in [0.2, 0.25) is 0 Å². The number of nitrogens with zero attached hydrogens (tertiary/aromatic N) is 1. The number of likely N-dealkylation sites (N-methyl/N-ethyl adjacent to an activating group) is 1. The largest absolute Gasteiger partial charge is 0.330 e. The lowest BCUT2D eigenvalue weighted by Crippen LogP contribution is -2.36. The molecule has 3 heteroatoms. The summed E-state index contributed by atoms with van der Waals surface area (Å²) in [6.45, 7) is 4.27. The molecule has 0 amide bonds. The Morgan fingerprint density at radius 3 is 3.00 bits per heavy atom. The average molecular weight is 171 g/mol. The highest BCUT2D eigenvalue weighted by molar-refractivity contribution is 4.77. The third-order valence-corrected chi connectivity index (χ3v) is 2.61. The fourth-order valence-corrected chi connectivity index (χ4v) is 1.73. The van der Waals surface area contributed by atoms with Crippen molar-refractivity contribution in [1.29, 1.82) is 0 Å². The first kappa shape index (κ1) is 9.96. The summed E-state index contributed by atoms with van der Waals surface area (Å²) in [4.78, 5) is 2.44. The van der Waals surface area contributed by atoms with Crippen LogP contribution in [0.4, 0.5) is 0 Å². The molecule has 1 aliphatic heterocycles. The lowest BCUT2D eigenvalue weighted by Gasteiger charge is -2.19. The molecule has 1 fully saturated rings. The molecule has 0 aliphatic carbocycles. The van der Waals surface area contributed by atoms with E-state index in [4.69, 9.17) is 5.73 Å². The molecule has 0 aromatic carbocycles. The van der Waals surface area contributed by atoms with Crippen LogP contribution in [-0.4, -0.2) is 44.2 Å². The molecule has 3 nitrogen and oxygen atoms in total. The van der Waals surface area contributed by atoms with Crippen molar-refractivity contribution in [3.05, 3.63) is 0 Å². The average Bonchev–Trinajstić information content (AvgIpc) is 2.46. The van der Waals surface area contributed by atoms with Crippen molar-refractivity contribution >= 4 is 0 Å². The van der Waals surface area contributed by atoms with E-state index < -0.39 is 0 Å². The van der Waals surface area contributed by atoms with E-state index in [9.17, 15) is 0 Å². The molecular weight excluding hydrogens is 150 g/mol. The van der Waals surface area contributed by atoms with Gasteiger partial charge in [0.15, 0.2) is 0 Å². The summed E-state index contributed by atoms with van der Waals surface area (Å²) in [6, 6.07) is 0.766. The van der Waals surface area contributed by atoms with Crippen molar-refractivity contribution in [2.45, 2.75) is 25.3 Å². The second kappa shape index (κ2) is 5.51. The molecule has 1 saturated heterocycles. The number of rotatable bonds is 5. The van der Waals surface area contributed by atoms with Crippen molar-refractivity contribution < 1.29 is 0 Å². The normalized spacial score (nSPS) is 25.0. The van der Waals surface area contributed by atoms with Crippen molar-refractivity contribution in [2.24, 2.45) is 5.73 Å². The minimum Gasteiger partial charge on any atom is -0.330 e. The monoisotopic (exact) mass is 171 g/mol. The second-order valence-corrected chi connectivity index (χ2v) is 3.62. The summed E-state index contributed by atoms with van der Waals surface area (Å²) in [7, 11) is 2.21. The molecule has 0 radical (unpaired) electrons. The lowest BCUT2D eigenvalue weighted by atomic mass is 10.2. The molecule has 3 N–H and O–H groups in total. The molecule has 0 saturated carbocycles. The Morgan fingerprint density at radius 2 is 2.42 bits per heavy atom. The number of hydrogen-bond acceptors (Lipinski definition) is 3. The van der Waals surface area contributed by atoms with Crippen LogP contribution in [0.25, 0.3) is 0 Å². The van der Waals surface area contributed by atoms with Crippen LogP contribution < -0.4 is 11.1 Å². The molecule has 12 heavy (non-hydrogen) atoms. The highest BCUT2D eigenvalue weighted by atomic mass is 15.2. The number of hydrogen-bond donors (Lipinski definition) is 2. The smallest absolute Gasteiger partial charge is 0.0218 e. The zero-order valence-corrected chi connectivity index (χ0v) is 8.05. The summed E-state index contributed by atoms with van der Waals surface area (Å²) in [5.41, 5.74) is 5.40. The Kier molecular flexibility index (Phi) is 4.58. The first-order valence-corrected chi connectivity index (χ1v) is 4.95. The zero-order valence-electron chi connectivity index (χ0n) is 8.05. The van der Waals surface area contributed by atoms with Gasteiger partial charge in [-0.25, -0.2) is 0 Å². The minimum atomic E-state index is 0.766. The molecule has 0 aromatic rings. The van der Waals surface area contributed by atoms with Gasteiger partial charge in [-0.1, -0.05) is 0 Å². The van der Waals surface area contributed by atoms with Crippen LogP contribution in [0, 0.1) is 0 Å². The van der Waals surface area contributed by atoms with E-state index in [1.807, 2.05) is 0 Å².